The number of carbonyl (C=O) groups excluding carboxylic acids is 1. The summed E-state index contributed by atoms with van der Waals surface area (Å²) in [4.78, 5) is 26.5. The molecule has 26 heavy (non-hydrogen) atoms. The molecule has 1 amide bonds. The molecule has 1 aromatic carbocycles. The van der Waals surface area contributed by atoms with Crippen molar-refractivity contribution in [2.45, 2.75) is 39.2 Å². The van der Waals surface area contributed by atoms with Crippen molar-refractivity contribution in [3.05, 3.63) is 45.8 Å². The number of H-pyrrole nitrogens is 2. The topological polar surface area (TPSA) is 99.7 Å². The van der Waals surface area contributed by atoms with Gasteiger partial charge in [0.2, 0.25) is 0 Å². The van der Waals surface area contributed by atoms with Crippen molar-refractivity contribution in [3.63, 3.8) is 0 Å². The van der Waals surface area contributed by atoms with Gasteiger partial charge in [-0.1, -0.05) is 11.6 Å². The molecule has 1 aliphatic rings. The van der Waals surface area contributed by atoms with E-state index in [0.29, 0.717) is 25.3 Å². The fourth-order valence-corrected chi connectivity index (χ4v) is 3.73. The Morgan fingerprint density at radius 3 is 2.73 bits per heavy atom. The number of aromatic amines is 2. The average molecular weight is 354 g/mol. The van der Waals surface area contributed by atoms with E-state index in [-0.39, 0.29) is 17.5 Å². The van der Waals surface area contributed by atoms with Crippen LogP contribution in [-0.2, 0) is 6.54 Å². The fourth-order valence-electron chi connectivity index (χ4n) is 3.73. The number of piperidine rings is 1. The van der Waals surface area contributed by atoms with Crippen LogP contribution in [0.25, 0.3) is 10.9 Å². The summed E-state index contributed by atoms with van der Waals surface area (Å²) in [5.74, 6) is 0.941. The quantitative estimate of drug-likeness (QED) is 0.749. The zero-order valence-electron chi connectivity index (χ0n) is 15.0. The SMILES string of the molecule is CCn1c(C2CCN(C(=O)c3n[nH]c4ccc(C)cc34)CC2)n[nH]c1=O. The van der Waals surface area contributed by atoms with Gasteiger partial charge in [-0.15, -0.1) is 0 Å². The maximum atomic E-state index is 12.9. The van der Waals surface area contributed by atoms with Gasteiger partial charge in [-0.3, -0.25) is 14.5 Å². The summed E-state index contributed by atoms with van der Waals surface area (Å²) in [6, 6.07) is 5.93. The fraction of sp³-hybridized carbons (Fsp3) is 0.444. The molecule has 8 heteroatoms. The van der Waals surface area contributed by atoms with Gasteiger partial charge in [0.25, 0.3) is 5.91 Å². The molecule has 0 aliphatic carbocycles. The standard InChI is InChI=1S/C18H22N6O2/c1-3-24-16(21-22-18(24)26)12-6-8-23(9-7-12)17(25)15-13-10-11(2)4-5-14(13)19-20-15/h4-5,10,12H,3,6-9H2,1-2H3,(H,19,20)(H,22,26). The maximum absolute atomic E-state index is 12.9. The van der Waals surface area contributed by atoms with Gasteiger partial charge >= 0.3 is 5.69 Å². The maximum Gasteiger partial charge on any atom is 0.343 e. The molecule has 1 fully saturated rings. The molecule has 0 saturated carbocycles. The number of nitrogens with zero attached hydrogens (tertiary/aromatic N) is 4. The molecule has 4 rings (SSSR count). The number of hydrogen-bond acceptors (Lipinski definition) is 4. The van der Waals surface area contributed by atoms with Crippen LogP contribution >= 0.6 is 0 Å². The number of fused-ring (bicyclic) bond motifs is 1. The van der Waals surface area contributed by atoms with Gasteiger partial charge in [-0.25, -0.2) is 9.89 Å². The molecule has 136 valence electrons. The highest BCUT2D eigenvalue weighted by atomic mass is 16.2. The summed E-state index contributed by atoms with van der Waals surface area (Å²) in [6.45, 7) is 5.80. The number of hydrogen-bond donors (Lipinski definition) is 2. The Morgan fingerprint density at radius 2 is 2.00 bits per heavy atom. The van der Waals surface area contributed by atoms with Gasteiger partial charge in [-0.2, -0.15) is 10.2 Å². The van der Waals surface area contributed by atoms with Crippen molar-refractivity contribution in [3.8, 4) is 0 Å². The van der Waals surface area contributed by atoms with Crippen LogP contribution in [0.5, 0.6) is 0 Å². The molecule has 0 atom stereocenters. The minimum absolute atomic E-state index is 0.0461. The molecule has 0 bridgehead atoms. The number of benzene rings is 1. The van der Waals surface area contributed by atoms with Crippen molar-refractivity contribution in [2.24, 2.45) is 0 Å². The van der Waals surface area contributed by atoms with E-state index in [1.54, 1.807) is 4.57 Å². The number of carbonyl (C=O) groups is 1. The lowest BCUT2D eigenvalue weighted by Crippen LogP contribution is -2.38. The van der Waals surface area contributed by atoms with Gasteiger partial charge < -0.3 is 4.90 Å². The van der Waals surface area contributed by atoms with Crippen LogP contribution < -0.4 is 5.69 Å². The molecule has 1 aliphatic heterocycles. The molecule has 2 N–H and O–H groups in total. The number of nitrogens with one attached hydrogen (secondary N) is 2. The summed E-state index contributed by atoms with van der Waals surface area (Å²) in [5.41, 5.74) is 2.28. The number of aromatic nitrogens is 5. The van der Waals surface area contributed by atoms with Crippen LogP contribution in [0.4, 0.5) is 0 Å². The smallest absolute Gasteiger partial charge is 0.337 e. The van der Waals surface area contributed by atoms with Crippen molar-refractivity contribution < 1.29 is 4.79 Å². The largest absolute Gasteiger partial charge is 0.343 e. The second kappa shape index (κ2) is 6.44. The molecule has 1 saturated heterocycles. The summed E-state index contributed by atoms with van der Waals surface area (Å²) in [7, 11) is 0. The lowest BCUT2D eigenvalue weighted by Gasteiger charge is -2.31. The summed E-state index contributed by atoms with van der Waals surface area (Å²) < 4.78 is 1.67. The third-order valence-corrected chi connectivity index (χ3v) is 5.17. The summed E-state index contributed by atoms with van der Waals surface area (Å²) in [5, 5.41) is 14.8. The Balaban J connectivity index is 1.51. The summed E-state index contributed by atoms with van der Waals surface area (Å²) in [6.07, 6.45) is 1.58. The lowest BCUT2D eigenvalue weighted by atomic mass is 9.95. The third-order valence-electron chi connectivity index (χ3n) is 5.17. The molecule has 3 aromatic rings. The molecular formula is C18H22N6O2. The molecule has 3 heterocycles. The van der Waals surface area contributed by atoms with Crippen molar-refractivity contribution >= 4 is 16.8 Å². The highest BCUT2D eigenvalue weighted by molar-refractivity contribution is 6.04. The first kappa shape index (κ1) is 16.6. The molecule has 8 nitrogen and oxygen atoms in total. The van der Waals surface area contributed by atoms with Crippen LogP contribution in [-0.4, -0.2) is 48.9 Å². The second-order valence-corrected chi connectivity index (χ2v) is 6.82. The average Bonchev–Trinajstić information content (AvgIpc) is 3.24. The van der Waals surface area contributed by atoms with Gasteiger partial charge in [0.1, 0.15) is 5.82 Å². The van der Waals surface area contributed by atoms with Crippen LogP contribution in [0.15, 0.2) is 23.0 Å². The van der Waals surface area contributed by atoms with Gasteiger partial charge in [0, 0.05) is 30.9 Å². The lowest BCUT2D eigenvalue weighted by molar-refractivity contribution is 0.0706. The molecule has 0 radical (unpaired) electrons. The van der Waals surface area contributed by atoms with Gasteiger partial charge in [0.05, 0.1) is 5.52 Å². The van der Waals surface area contributed by atoms with Crippen molar-refractivity contribution in [1.29, 1.82) is 0 Å². The van der Waals surface area contributed by atoms with Crippen LogP contribution in [0.2, 0.25) is 0 Å². The van der Waals surface area contributed by atoms with Gasteiger partial charge in [0.15, 0.2) is 5.69 Å². The highest BCUT2D eigenvalue weighted by Crippen LogP contribution is 2.27. The van der Waals surface area contributed by atoms with E-state index in [0.717, 1.165) is 35.1 Å². The number of rotatable bonds is 3. The predicted octanol–water partition coefficient (Wildman–Crippen LogP) is 1.80. The van der Waals surface area contributed by atoms with Crippen molar-refractivity contribution in [2.75, 3.05) is 13.1 Å². The van der Waals surface area contributed by atoms with E-state index in [1.807, 2.05) is 36.9 Å². The zero-order chi connectivity index (χ0) is 18.3. The van der Waals surface area contributed by atoms with E-state index < -0.39 is 0 Å². The first-order chi connectivity index (χ1) is 12.6. The third kappa shape index (κ3) is 2.71. The first-order valence-electron chi connectivity index (χ1n) is 8.97. The van der Waals surface area contributed by atoms with E-state index >= 15 is 0 Å². The monoisotopic (exact) mass is 354 g/mol. The van der Waals surface area contributed by atoms with Crippen LogP contribution in [0.1, 0.15) is 47.6 Å². The molecular weight excluding hydrogens is 332 g/mol. The summed E-state index contributed by atoms with van der Waals surface area (Å²) >= 11 is 0. The van der Waals surface area contributed by atoms with E-state index in [4.69, 9.17) is 0 Å². The highest BCUT2D eigenvalue weighted by Gasteiger charge is 2.29. The number of aryl methyl sites for hydroxylation is 1. The van der Waals surface area contributed by atoms with Gasteiger partial charge in [-0.05, 0) is 38.8 Å². The van der Waals surface area contributed by atoms with E-state index in [2.05, 4.69) is 20.4 Å². The Morgan fingerprint density at radius 1 is 1.23 bits per heavy atom. The molecule has 2 aromatic heterocycles. The zero-order valence-corrected chi connectivity index (χ0v) is 15.0. The normalized spacial score (nSPS) is 15.7. The van der Waals surface area contributed by atoms with Crippen LogP contribution in [0, 0.1) is 6.92 Å². The first-order valence-corrected chi connectivity index (χ1v) is 8.97. The Labute approximate surface area is 150 Å². The Hall–Kier alpha value is -2.90. The molecule has 0 unspecified atom stereocenters. The number of amides is 1. The minimum atomic E-state index is -0.167. The predicted molar refractivity (Wildman–Crippen MR) is 97.2 cm³/mol. The van der Waals surface area contributed by atoms with Crippen molar-refractivity contribution in [1.82, 2.24) is 29.9 Å². The Kier molecular flexibility index (Phi) is 4.10. The van der Waals surface area contributed by atoms with Crippen LogP contribution in [0.3, 0.4) is 0 Å². The van der Waals surface area contributed by atoms with E-state index in [9.17, 15) is 9.59 Å². The molecule has 0 spiro atoms. The van der Waals surface area contributed by atoms with E-state index in [1.165, 1.54) is 0 Å². The Bertz CT molecular complexity index is 1010. The second-order valence-electron chi connectivity index (χ2n) is 6.82. The number of likely N-dealkylation sites (tertiary alicyclic amines) is 1. The minimum Gasteiger partial charge on any atom is -0.337 e.